The highest BCUT2D eigenvalue weighted by Crippen LogP contribution is 2.29. The normalized spacial score (nSPS) is 10.5. The number of hydrogen-bond acceptors (Lipinski definition) is 4. The van der Waals surface area contributed by atoms with Crippen molar-refractivity contribution in [3.63, 3.8) is 0 Å². The quantitative estimate of drug-likeness (QED) is 0.721. The molecule has 0 unspecified atom stereocenters. The molecule has 0 aliphatic heterocycles. The predicted octanol–water partition coefficient (Wildman–Crippen LogP) is 4.40. The molecule has 0 atom stereocenters. The Kier molecular flexibility index (Phi) is 5.49. The number of carboxylic acids is 1. The highest BCUT2D eigenvalue weighted by molar-refractivity contribution is 5.94. The average molecular weight is 360 g/mol. The Balaban J connectivity index is 0.00000225. The molecule has 0 saturated carbocycles. The van der Waals surface area contributed by atoms with Crippen molar-refractivity contribution in [1.29, 1.82) is 0 Å². The van der Waals surface area contributed by atoms with Gasteiger partial charge >= 0.3 is 5.97 Å². The van der Waals surface area contributed by atoms with Crippen LogP contribution in [0.1, 0.15) is 24.2 Å². The minimum atomic E-state index is -1.08. The van der Waals surface area contributed by atoms with Crippen molar-refractivity contribution in [2.24, 2.45) is 0 Å². The summed E-state index contributed by atoms with van der Waals surface area (Å²) in [5, 5.41) is 12.5. The van der Waals surface area contributed by atoms with Gasteiger partial charge in [-0.1, -0.05) is 30.3 Å². The van der Waals surface area contributed by atoms with E-state index in [2.05, 4.69) is 5.32 Å². The molecule has 0 aliphatic carbocycles. The Hall–Kier alpha value is -2.79. The number of hydrogen-bond donors (Lipinski definition) is 2. The lowest BCUT2D eigenvalue weighted by atomic mass is 10.1. The topological polar surface area (TPSA) is 79.5 Å². The number of carboxylic acid groups (broad SMARTS) is 1. The first-order chi connectivity index (χ1) is 11.5. The van der Waals surface area contributed by atoms with Crippen LogP contribution in [-0.2, 0) is 0 Å². The molecule has 3 rings (SSSR count). The Labute approximate surface area is 150 Å². The first kappa shape index (κ1) is 18.5. The van der Waals surface area contributed by atoms with E-state index in [0.717, 1.165) is 5.56 Å². The van der Waals surface area contributed by atoms with Crippen LogP contribution in [0.5, 0.6) is 0 Å². The van der Waals surface area contributed by atoms with Crippen molar-refractivity contribution in [2.45, 2.75) is 19.9 Å². The van der Waals surface area contributed by atoms with Gasteiger partial charge in [-0.3, -0.25) is 4.79 Å². The van der Waals surface area contributed by atoms with E-state index in [0.29, 0.717) is 17.0 Å². The Morgan fingerprint density at radius 2 is 1.80 bits per heavy atom. The number of rotatable bonds is 4. The molecule has 0 bridgehead atoms. The summed E-state index contributed by atoms with van der Waals surface area (Å²) in [4.78, 5) is 24.1. The van der Waals surface area contributed by atoms with Crippen LogP contribution < -0.4 is 10.7 Å². The van der Waals surface area contributed by atoms with Crippen molar-refractivity contribution >= 4 is 35.0 Å². The van der Waals surface area contributed by atoms with Gasteiger partial charge in [0.25, 0.3) is 0 Å². The third-order valence-corrected chi connectivity index (χ3v) is 3.61. The number of anilines is 1. The molecule has 130 valence electrons. The van der Waals surface area contributed by atoms with Gasteiger partial charge in [0.15, 0.2) is 5.76 Å². The van der Waals surface area contributed by atoms with Crippen LogP contribution in [0.3, 0.4) is 0 Å². The average Bonchev–Trinajstić information content (AvgIpc) is 2.57. The molecular formula is C19H18ClNO4. The molecule has 3 aromatic rings. The monoisotopic (exact) mass is 359 g/mol. The molecule has 25 heavy (non-hydrogen) atoms. The van der Waals surface area contributed by atoms with Crippen LogP contribution in [-0.4, -0.2) is 17.1 Å². The van der Waals surface area contributed by atoms with E-state index >= 15 is 0 Å². The molecule has 0 spiro atoms. The standard InChI is InChI=1S/C19H17NO4.ClH/c1-11(2)20-16-17(21)14-10-13(19(22)23)8-9-15(14)24-18(16)12-6-4-3-5-7-12;/h3-11,20H,1-2H3,(H,22,23);1H. The fourth-order valence-corrected chi connectivity index (χ4v) is 2.54. The van der Waals surface area contributed by atoms with Crippen molar-refractivity contribution in [1.82, 2.24) is 0 Å². The maximum Gasteiger partial charge on any atom is 0.335 e. The summed E-state index contributed by atoms with van der Waals surface area (Å²) < 4.78 is 5.94. The number of halogens is 1. The smallest absolute Gasteiger partial charge is 0.335 e. The van der Waals surface area contributed by atoms with E-state index in [1.54, 1.807) is 0 Å². The molecule has 2 aromatic carbocycles. The van der Waals surface area contributed by atoms with Gasteiger partial charge in [-0.2, -0.15) is 0 Å². The number of fused-ring (bicyclic) bond motifs is 1. The van der Waals surface area contributed by atoms with Crippen LogP contribution in [0.4, 0.5) is 5.69 Å². The van der Waals surface area contributed by atoms with Crippen LogP contribution >= 0.6 is 12.4 Å². The van der Waals surface area contributed by atoms with E-state index in [4.69, 9.17) is 9.52 Å². The van der Waals surface area contributed by atoms with Gasteiger partial charge < -0.3 is 14.8 Å². The first-order valence-corrected chi connectivity index (χ1v) is 7.63. The molecule has 0 amide bonds. The van der Waals surface area contributed by atoms with Crippen molar-refractivity contribution < 1.29 is 14.3 Å². The summed E-state index contributed by atoms with van der Waals surface area (Å²) in [5.41, 5.74) is 1.26. The zero-order chi connectivity index (χ0) is 17.3. The summed E-state index contributed by atoms with van der Waals surface area (Å²) in [6.45, 7) is 3.85. The summed E-state index contributed by atoms with van der Waals surface area (Å²) in [7, 11) is 0. The molecule has 2 N–H and O–H groups in total. The highest BCUT2D eigenvalue weighted by Gasteiger charge is 2.18. The first-order valence-electron chi connectivity index (χ1n) is 7.63. The summed E-state index contributed by atoms with van der Waals surface area (Å²) in [6.07, 6.45) is 0. The third kappa shape index (κ3) is 3.67. The zero-order valence-electron chi connectivity index (χ0n) is 13.8. The van der Waals surface area contributed by atoms with Crippen LogP contribution in [0.25, 0.3) is 22.3 Å². The van der Waals surface area contributed by atoms with Gasteiger partial charge in [0, 0.05) is 11.6 Å². The van der Waals surface area contributed by atoms with Crippen LogP contribution in [0.2, 0.25) is 0 Å². The second-order valence-electron chi connectivity index (χ2n) is 5.82. The van der Waals surface area contributed by atoms with Gasteiger partial charge in [-0.25, -0.2) is 4.79 Å². The third-order valence-electron chi connectivity index (χ3n) is 3.61. The van der Waals surface area contributed by atoms with Gasteiger partial charge in [0.05, 0.1) is 10.9 Å². The van der Waals surface area contributed by atoms with Gasteiger partial charge in [0.1, 0.15) is 11.3 Å². The predicted molar refractivity (Wildman–Crippen MR) is 101 cm³/mol. The summed E-state index contributed by atoms with van der Waals surface area (Å²) >= 11 is 0. The SMILES string of the molecule is CC(C)Nc1c(-c2ccccc2)oc2ccc(C(=O)O)cc2c1=O.Cl. The molecule has 6 heteroatoms. The molecule has 0 aliphatic rings. The molecule has 0 fully saturated rings. The highest BCUT2D eigenvalue weighted by atomic mass is 35.5. The van der Waals surface area contributed by atoms with Gasteiger partial charge in [-0.05, 0) is 32.0 Å². The van der Waals surface area contributed by atoms with Gasteiger partial charge in [-0.15, -0.1) is 12.4 Å². The minimum Gasteiger partial charge on any atom is -0.478 e. The second kappa shape index (κ2) is 7.40. The Morgan fingerprint density at radius 1 is 1.12 bits per heavy atom. The second-order valence-corrected chi connectivity index (χ2v) is 5.82. The molecule has 5 nitrogen and oxygen atoms in total. The molecule has 1 aromatic heterocycles. The van der Waals surface area contributed by atoms with Crippen LogP contribution in [0, 0.1) is 0 Å². The van der Waals surface area contributed by atoms with Crippen molar-refractivity contribution in [3.8, 4) is 11.3 Å². The number of aromatic carboxylic acids is 1. The van der Waals surface area contributed by atoms with Crippen molar-refractivity contribution in [2.75, 3.05) is 5.32 Å². The van der Waals surface area contributed by atoms with E-state index in [1.807, 2.05) is 44.2 Å². The van der Waals surface area contributed by atoms with E-state index < -0.39 is 5.97 Å². The van der Waals surface area contributed by atoms with Crippen molar-refractivity contribution in [3.05, 3.63) is 64.3 Å². The lowest BCUT2D eigenvalue weighted by Crippen LogP contribution is -2.19. The minimum absolute atomic E-state index is 0. The van der Waals surface area contributed by atoms with E-state index in [1.165, 1.54) is 18.2 Å². The molecule has 1 heterocycles. The van der Waals surface area contributed by atoms with Crippen LogP contribution in [0.15, 0.2) is 57.7 Å². The van der Waals surface area contributed by atoms with E-state index in [-0.39, 0.29) is 34.8 Å². The number of nitrogens with one attached hydrogen (secondary N) is 1. The fourth-order valence-electron chi connectivity index (χ4n) is 2.54. The maximum atomic E-state index is 12.9. The zero-order valence-corrected chi connectivity index (χ0v) is 14.6. The Morgan fingerprint density at radius 3 is 2.40 bits per heavy atom. The maximum absolute atomic E-state index is 12.9. The Bertz CT molecular complexity index is 964. The molecular weight excluding hydrogens is 342 g/mol. The lowest BCUT2D eigenvalue weighted by molar-refractivity contribution is 0.0697. The number of benzene rings is 2. The summed E-state index contributed by atoms with van der Waals surface area (Å²) in [6, 6.07) is 13.7. The van der Waals surface area contributed by atoms with E-state index in [9.17, 15) is 9.59 Å². The molecule has 0 saturated heterocycles. The molecule has 0 radical (unpaired) electrons. The fraction of sp³-hybridized carbons (Fsp3) is 0.158. The summed E-state index contributed by atoms with van der Waals surface area (Å²) in [5.74, 6) is -0.633. The largest absolute Gasteiger partial charge is 0.478 e. The lowest BCUT2D eigenvalue weighted by Gasteiger charge is -2.14. The number of carbonyl (C=O) groups is 1. The van der Waals surface area contributed by atoms with Gasteiger partial charge in [0.2, 0.25) is 5.43 Å².